The van der Waals surface area contributed by atoms with Crippen LogP contribution in [0, 0.1) is 0 Å². The summed E-state index contributed by atoms with van der Waals surface area (Å²) in [4.78, 5) is 25.4. The second-order valence-electron chi connectivity index (χ2n) is 5.07. The monoisotopic (exact) mass is 304 g/mol. The number of nitrogens with zero attached hydrogens (tertiary/aromatic N) is 1. The number of halogens is 1. The van der Waals surface area contributed by atoms with Crippen LogP contribution in [0.5, 0.6) is 0 Å². The van der Waals surface area contributed by atoms with E-state index in [-0.39, 0.29) is 24.7 Å². The van der Waals surface area contributed by atoms with Gasteiger partial charge in [0.2, 0.25) is 0 Å². The largest absolute Gasteiger partial charge is 0.448 e. The molecule has 0 aliphatic carbocycles. The summed E-state index contributed by atoms with van der Waals surface area (Å²) in [5.41, 5.74) is 0. The number of ether oxygens (including phenoxy) is 2. The minimum Gasteiger partial charge on any atom is -0.448 e. The fourth-order valence-electron chi connectivity index (χ4n) is 2.56. The molecule has 114 valence electrons. The third-order valence-electron chi connectivity index (χ3n) is 3.64. The van der Waals surface area contributed by atoms with E-state index >= 15 is 0 Å². The lowest BCUT2D eigenvalue weighted by molar-refractivity contribution is -0.142. The maximum absolute atomic E-state index is 12.1. The van der Waals surface area contributed by atoms with Crippen LogP contribution in [0.25, 0.3) is 0 Å². The molecule has 7 heteroatoms. The van der Waals surface area contributed by atoms with Crippen LogP contribution in [0.4, 0.5) is 4.79 Å². The quantitative estimate of drug-likeness (QED) is 0.790. The Morgan fingerprint density at radius 3 is 2.65 bits per heavy atom. The summed E-state index contributed by atoms with van der Waals surface area (Å²) in [5.74, 6) is 0.382. The van der Waals surface area contributed by atoms with Crippen molar-refractivity contribution in [3.05, 3.63) is 0 Å². The van der Waals surface area contributed by atoms with Crippen LogP contribution in [-0.4, -0.2) is 61.2 Å². The van der Waals surface area contributed by atoms with Gasteiger partial charge in [0.25, 0.3) is 5.91 Å². The van der Waals surface area contributed by atoms with Crippen LogP contribution in [0.15, 0.2) is 0 Å². The van der Waals surface area contributed by atoms with Crippen molar-refractivity contribution < 1.29 is 19.1 Å². The molecule has 0 bridgehead atoms. The summed E-state index contributed by atoms with van der Waals surface area (Å²) in [5, 5.41) is 2.79. The first-order chi connectivity index (χ1) is 9.70. The van der Waals surface area contributed by atoms with E-state index in [1.54, 1.807) is 0 Å². The van der Waals surface area contributed by atoms with Crippen LogP contribution in [-0.2, 0) is 14.3 Å². The van der Waals surface area contributed by atoms with Crippen molar-refractivity contribution >= 4 is 23.6 Å². The molecule has 6 nitrogen and oxygen atoms in total. The fourth-order valence-corrected chi connectivity index (χ4v) is 2.64. The van der Waals surface area contributed by atoms with Gasteiger partial charge in [-0.25, -0.2) is 4.79 Å². The Hall–Kier alpha value is -1.01. The number of hydrogen-bond acceptors (Lipinski definition) is 4. The van der Waals surface area contributed by atoms with Crippen molar-refractivity contribution in [2.45, 2.75) is 37.8 Å². The summed E-state index contributed by atoms with van der Waals surface area (Å²) in [7, 11) is 0. The standard InChI is InChI=1S/C13H21ClN2O4/c14-5-9-20-13(18)15-10-3-6-16(7-4-10)12(17)11-2-1-8-19-11/h10-11H,1-9H2,(H,15,18). The first-order valence-corrected chi connectivity index (χ1v) is 7.64. The molecule has 1 unspecified atom stereocenters. The van der Waals surface area contributed by atoms with Gasteiger partial charge in [-0.1, -0.05) is 0 Å². The van der Waals surface area contributed by atoms with E-state index in [0.717, 1.165) is 25.7 Å². The van der Waals surface area contributed by atoms with E-state index in [1.807, 2.05) is 4.90 Å². The van der Waals surface area contributed by atoms with Crippen LogP contribution in [0.2, 0.25) is 0 Å². The molecule has 0 aromatic heterocycles. The summed E-state index contributed by atoms with van der Waals surface area (Å²) in [6.07, 6.45) is 2.58. The Labute approximate surface area is 123 Å². The molecule has 20 heavy (non-hydrogen) atoms. The Bertz CT molecular complexity index is 339. The second-order valence-corrected chi connectivity index (χ2v) is 5.45. The molecule has 0 radical (unpaired) electrons. The predicted molar refractivity (Wildman–Crippen MR) is 73.8 cm³/mol. The summed E-state index contributed by atoms with van der Waals surface area (Å²) < 4.78 is 10.3. The Morgan fingerprint density at radius 1 is 1.30 bits per heavy atom. The van der Waals surface area contributed by atoms with Gasteiger partial charge in [0, 0.05) is 25.7 Å². The number of piperidine rings is 1. The maximum atomic E-state index is 12.1. The van der Waals surface area contributed by atoms with E-state index in [0.29, 0.717) is 25.6 Å². The zero-order valence-corrected chi connectivity index (χ0v) is 12.2. The molecule has 1 atom stereocenters. The van der Waals surface area contributed by atoms with Crippen LogP contribution >= 0.6 is 11.6 Å². The molecule has 0 saturated carbocycles. The second kappa shape index (κ2) is 7.69. The number of amides is 2. The van der Waals surface area contributed by atoms with Crippen molar-refractivity contribution in [2.24, 2.45) is 0 Å². The van der Waals surface area contributed by atoms with Gasteiger partial charge < -0.3 is 19.7 Å². The molecular weight excluding hydrogens is 284 g/mol. The molecular formula is C13H21ClN2O4. The van der Waals surface area contributed by atoms with Crippen molar-refractivity contribution in [3.8, 4) is 0 Å². The van der Waals surface area contributed by atoms with Gasteiger partial charge in [0.1, 0.15) is 12.7 Å². The SMILES string of the molecule is O=C(NC1CCN(C(=O)C2CCCO2)CC1)OCCCl. The highest BCUT2D eigenvalue weighted by molar-refractivity contribution is 6.18. The number of carbonyl (C=O) groups excluding carboxylic acids is 2. The average Bonchev–Trinajstić information content (AvgIpc) is 2.99. The van der Waals surface area contributed by atoms with Gasteiger partial charge in [0.05, 0.1) is 5.88 Å². The van der Waals surface area contributed by atoms with Gasteiger partial charge in [-0.3, -0.25) is 4.79 Å². The number of alkyl carbamates (subject to hydrolysis) is 1. The van der Waals surface area contributed by atoms with Gasteiger partial charge in [0.15, 0.2) is 0 Å². The Balaban J connectivity index is 1.69. The number of rotatable bonds is 4. The highest BCUT2D eigenvalue weighted by atomic mass is 35.5. The van der Waals surface area contributed by atoms with Crippen molar-refractivity contribution in [2.75, 3.05) is 32.2 Å². The van der Waals surface area contributed by atoms with Crippen molar-refractivity contribution in [1.29, 1.82) is 0 Å². The molecule has 2 aliphatic heterocycles. The van der Waals surface area contributed by atoms with E-state index in [1.165, 1.54) is 0 Å². The minimum atomic E-state index is -0.436. The molecule has 2 aliphatic rings. The Morgan fingerprint density at radius 2 is 2.05 bits per heavy atom. The van der Waals surface area contributed by atoms with Crippen molar-refractivity contribution in [3.63, 3.8) is 0 Å². The summed E-state index contributed by atoms with van der Waals surface area (Å²) in [6.45, 7) is 2.20. The molecule has 2 fully saturated rings. The molecule has 2 rings (SSSR count). The van der Waals surface area contributed by atoms with Crippen LogP contribution in [0.1, 0.15) is 25.7 Å². The first-order valence-electron chi connectivity index (χ1n) is 7.10. The number of alkyl halides is 1. The van der Waals surface area contributed by atoms with Crippen molar-refractivity contribution in [1.82, 2.24) is 10.2 Å². The fraction of sp³-hybridized carbons (Fsp3) is 0.846. The number of hydrogen-bond donors (Lipinski definition) is 1. The number of likely N-dealkylation sites (tertiary alicyclic amines) is 1. The lowest BCUT2D eigenvalue weighted by Gasteiger charge is -2.33. The van der Waals surface area contributed by atoms with Crippen LogP contribution < -0.4 is 5.32 Å². The molecule has 0 aromatic carbocycles. The smallest absolute Gasteiger partial charge is 0.407 e. The topological polar surface area (TPSA) is 67.9 Å². The predicted octanol–water partition coefficient (Wildman–Crippen LogP) is 1.12. The third-order valence-corrected chi connectivity index (χ3v) is 3.80. The summed E-state index contributed by atoms with van der Waals surface area (Å²) >= 11 is 5.44. The highest BCUT2D eigenvalue weighted by Crippen LogP contribution is 2.18. The van der Waals surface area contributed by atoms with Gasteiger partial charge >= 0.3 is 6.09 Å². The van der Waals surface area contributed by atoms with Gasteiger partial charge in [-0.2, -0.15) is 0 Å². The molecule has 2 amide bonds. The molecule has 1 N–H and O–H groups in total. The Kier molecular flexibility index (Phi) is 5.91. The zero-order chi connectivity index (χ0) is 14.4. The van der Waals surface area contributed by atoms with Gasteiger partial charge in [-0.05, 0) is 25.7 Å². The summed E-state index contributed by atoms with van der Waals surface area (Å²) in [6, 6.07) is 0.0615. The highest BCUT2D eigenvalue weighted by Gasteiger charge is 2.31. The first kappa shape index (κ1) is 15.4. The molecule has 0 spiro atoms. The third kappa shape index (κ3) is 4.24. The minimum absolute atomic E-state index is 0.0615. The van der Waals surface area contributed by atoms with E-state index in [4.69, 9.17) is 21.1 Å². The normalized spacial score (nSPS) is 23.6. The lowest BCUT2D eigenvalue weighted by atomic mass is 10.0. The average molecular weight is 305 g/mol. The number of nitrogens with one attached hydrogen (secondary N) is 1. The van der Waals surface area contributed by atoms with Crippen LogP contribution in [0.3, 0.4) is 0 Å². The van der Waals surface area contributed by atoms with E-state index in [9.17, 15) is 9.59 Å². The molecule has 0 aromatic rings. The van der Waals surface area contributed by atoms with E-state index < -0.39 is 6.09 Å². The molecule has 2 heterocycles. The maximum Gasteiger partial charge on any atom is 0.407 e. The van der Waals surface area contributed by atoms with E-state index in [2.05, 4.69) is 5.32 Å². The zero-order valence-electron chi connectivity index (χ0n) is 11.5. The lowest BCUT2D eigenvalue weighted by Crippen LogP contribution is -2.49. The number of carbonyl (C=O) groups is 2. The van der Waals surface area contributed by atoms with Gasteiger partial charge in [-0.15, -0.1) is 11.6 Å². The molecule has 2 saturated heterocycles.